The minimum Gasteiger partial charge on any atom is -0.454 e. The van der Waals surface area contributed by atoms with Crippen molar-refractivity contribution in [1.82, 2.24) is 19.8 Å². The maximum atomic E-state index is 13.2. The third kappa shape index (κ3) is 3.40. The Bertz CT molecular complexity index is 1520. The van der Waals surface area contributed by atoms with E-state index in [0.29, 0.717) is 33.8 Å². The Morgan fingerprint density at radius 1 is 0.943 bits per heavy atom. The van der Waals surface area contributed by atoms with Crippen molar-refractivity contribution in [1.29, 1.82) is 0 Å². The maximum Gasteiger partial charge on any atom is 0.259 e. The number of para-hydroxylation sites is 1. The van der Waals surface area contributed by atoms with E-state index in [2.05, 4.69) is 33.6 Å². The largest absolute Gasteiger partial charge is 0.454 e. The van der Waals surface area contributed by atoms with Gasteiger partial charge in [-0.15, -0.1) is 0 Å². The van der Waals surface area contributed by atoms with E-state index in [1.54, 1.807) is 6.20 Å². The van der Waals surface area contributed by atoms with Crippen molar-refractivity contribution in [2.75, 3.05) is 26.4 Å². The van der Waals surface area contributed by atoms with Crippen LogP contribution in [-0.2, 0) is 16.1 Å². The Hall–Kier alpha value is -4.04. The molecule has 0 spiro atoms. The predicted molar refractivity (Wildman–Crippen MR) is 134 cm³/mol. The molecule has 0 bridgehead atoms. The van der Waals surface area contributed by atoms with E-state index >= 15 is 0 Å². The molecule has 2 amide bonds. The fourth-order valence-corrected chi connectivity index (χ4v) is 5.10. The second-order valence-corrected chi connectivity index (χ2v) is 8.77. The number of ether oxygens (including phenoxy) is 2. The van der Waals surface area contributed by atoms with Crippen LogP contribution in [0.4, 0.5) is 0 Å². The van der Waals surface area contributed by atoms with E-state index in [1.807, 2.05) is 42.6 Å². The number of carbonyl (C=O) groups excluding carboxylic acids is 2. The van der Waals surface area contributed by atoms with Gasteiger partial charge in [0.2, 0.25) is 6.79 Å². The molecular formula is C27H26N4O4. The summed E-state index contributed by atoms with van der Waals surface area (Å²) in [7, 11) is 0. The highest BCUT2D eigenvalue weighted by atomic mass is 16.7. The standard InChI is InChI=1S/C27H26N4O4/c1-3-30(4-2)9-10-31-14-19(17-11-22-23(12-21(17)31)35-15-34-22)25-24(26(32)29-27(25)33)18-13-28-20-8-6-5-7-16(18)20/h5-8,11-14,28H,3-4,9-10,15H2,1-2H3,(H,29,32,33). The van der Waals surface area contributed by atoms with Gasteiger partial charge >= 0.3 is 0 Å². The van der Waals surface area contributed by atoms with E-state index < -0.39 is 5.91 Å². The van der Waals surface area contributed by atoms with Crippen LogP contribution in [0, 0.1) is 0 Å². The van der Waals surface area contributed by atoms with Gasteiger partial charge in [-0.2, -0.15) is 0 Å². The zero-order valence-corrected chi connectivity index (χ0v) is 19.7. The van der Waals surface area contributed by atoms with Gasteiger partial charge in [0.05, 0.1) is 16.7 Å². The van der Waals surface area contributed by atoms with Gasteiger partial charge in [0.15, 0.2) is 11.5 Å². The molecule has 35 heavy (non-hydrogen) atoms. The average molecular weight is 471 g/mol. The first-order chi connectivity index (χ1) is 17.1. The fraction of sp³-hybridized carbons (Fsp3) is 0.259. The third-order valence-corrected chi connectivity index (χ3v) is 6.99. The van der Waals surface area contributed by atoms with Crippen LogP contribution < -0.4 is 14.8 Å². The molecule has 2 aromatic carbocycles. The smallest absolute Gasteiger partial charge is 0.259 e. The number of carbonyl (C=O) groups is 2. The van der Waals surface area contributed by atoms with Gasteiger partial charge in [-0.1, -0.05) is 32.0 Å². The van der Waals surface area contributed by atoms with Gasteiger partial charge in [0.1, 0.15) is 0 Å². The second kappa shape index (κ2) is 8.32. The van der Waals surface area contributed by atoms with Gasteiger partial charge in [-0.25, -0.2) is 0 Å². The molecule has 0 saturated carbocycles. The molecule has 4 aromatic rings. The lowest BCUT2D eigenvalue weighted by Gasteiger charge is -2.18. The average Bonchev–Trinajstić information content (AvgIpc) is 3.63. The molecule has 0 atom stereocenters. The molecule has 2 aliphatic heterocycles. The topological polar surface area (TPSA) is 88.6 Å². The van der Waals surface area contributed by atoms with Crippen LogP contribution in [-0.4, -0.2) is 52.7 Å². The summed E-state index contributed by atoms with van der Waals surface area (Å²) in [4.78, 5) is 31.8. The zero-order chi connectivity index (χ0) is 24.1. The molecule has 4 heterocycles. The summed E-state index contributed by atoms with van der Waals surface area (Å²) in [6.07, 6.45) is 3.78. The Kier molecular flexibility index (Phi) is 5.11. The lowest BCUT2D eigenvalue weighted by atomic mass is 9.95. The molecule has 2 N–H and O–H groups in total. The summed E-state index contributed by atoms with van der Waals surface area (Å²) in [5, 5.41) is 4.27. The lowest BCUT2D eigenvalue weighted by molar-refractivity contribution is -0.122. The number of benzene rings is 2. The molecule has 0 fully saturated rings. The Morgan fingerprint density at radius 3 is 2.43 bits per heavy atom. The predicted octanol–water partition coefficient (Wildman–Crippen LogP) is 3.76. The normalized spacial score (nSPS) is 15.3. The number of aromatic amines is 1. The molecule has 8 heteroatoms. The monoisotopic (exact) mass is 470 g/mol. The van der Waals surface area contributed by atoms with Crippen molar-refractivity contribution < 1.29 is 19.1 Å². The van der Waals surface area contributed by atoms with Crippen molar-refractivity contribution in [2.45, 2.75) is 20.4 Å². The van der Waals surface area contributed by atoms with Crippen molar-refractivity contribution >= 4 is 44.8 Å². The van der Waals surface area contributed by atoms with Crippen LogP contribution in [0.1, 0.15) is 25.0 Å². The van der Waals surface area contributed by atoms with Gasteiger partial charge in [-0.05, 0) is 25.2 Å². The molecule has 0 unspecified atom stereocenters. The highest BCUT2D eigenvalue weighted by Crippen LogP contribution is 2.42. The Morgan fingerprint density at radius 2 is 1.66 bits per heavy atom. The minimum absolute atomic E-state index is 0.166. The van der Waals surface area contributed by atoms with Crippen LogP contribution in [0.2, 0.25) is 0 Å². The maximum absolute atomic E-state index is 13.2. The third-order valence-electron chi connectivity index (χ3n) is 6.99. The number of nitrogens with zero attached hydrogens (tertiary/aromatic N) is 2. The Balaban J connectivity index is 1.57. The van der Waals surface area contributed by atoms with E-state index in [4.69, 9.17) is 9.47 Å². The zero-order valence-electron chi connectivity index (χ0n) is 19.7. The number of nitrogens with one attached hydrogen (secondary N) is 2. The number of amides is 2. The molecule has 0 radical (unpaired) electrons. The van der Waals surface area contributed by atoms with Crippen molar-refractivity contribution in [2.24, 2.45) is 0 Å². The first kappa shape index (κ1) is 21.5. The molecular weight excluding hydrogens is 444 g/mol. The van der Waals surface area contributed by atoms with E-state index in [1.165, 1.54) is 0 Å². The number of H-pyrrole nitrogens is 1. The summed E-state index contributed by atoms with van der Waals surface area (Å²) in [6, 6.07) is 11.6. The molecule has 178 valence electrons. The van der Waals surface area contributed by atoms with Gasteiger partial charge in [0, 0.05) is 59.0 Å². The summed E-state index contributed by atoms with van der Waals surface area (Å²) >= 11 is 0. The molecule has 0 aliphatic carbocycles. The number of hydrogen-bond acceptors (Lipinski definition) is 5. The number of fused-ring (bicyclic) bond motifs is 3. The highest BCUT2D eigenvalue weighted by Gasteiger charge is 2.35. The van der Waals surface area contributed by atoms with Crippen molar-refractivity contribution in [3.8, 4) is 11.5 Å². The molecule has 2 aromatic heterocycles. The summed E-state index contributed by atoms with van der Waals surface area (Å²) in [5.41, 5.74) is 4.03. The van der Waals surface area contributed by atoms with Crippen LogP contribution in [0.3, 0.4) is 0 Å². The number of aromatic nitrogens is 2. The fourth-order valence-electron chi connectivity index (χ4n) is 5.10. The van der Waals surface area contributed by atoms with Crippen LogP contribution in [0.15, 0.2) is 48.8 Å². The number of likely N-dealkylation sites (N-methyl/N-ethyl adjacent to an activating group) is 1. The van der Waals surface area contributed by atoms with E-state index in [9.17, 15) is 9.59 Å². The van der Waals surface area contributed by atoms with Crippen LogP contribution in [0.25, 0.3) is 33.0 Å². The quantitative estimate of drug-likeness (QED) is 0.402. The van der Waals surface area contributed by atoms with Crippen LogP contribution in [0.5, 0.6) is 11.5 Å². The number of imide groups is 1. The summed E-state index contributed by atoms with van der Waals surface area (Å²) in [6.45, 7) is 7.98. The van der Waals surface area contributed by atoms with Crippen molar-refractivity contribution in [3.63, 3.8) is 0 Å². The first-order valence-electron chi connectivity index (χ1n) is 11.9. The second-order valence-electron chi connectivity index (χ2n) is 8.77. The van der Waals surface area contributed by atoms with Gasteiger partial charge in [-0.3, -0.25) is 14.9 Å². The molecule has 0 saturated heterocycles. The molecule has 2 aliphatic rings. The van der Waals surface area contributed by atoms with E-state index in [-0.39, 0.29) is 12.7 Å². The van der Waals surface area contributed by atoms with Crippen LogP contribution >= 0.6 is 0 Å². The van der Waals surface area contributed by atoms with E-state index in [0.717, 1.165) is 48.0 Å². The van der Waals surface area contributed by atoms with Gasteiger partial charge < -0.3 is 23.9 Å². The number of rotatable bonds is 7. The summed E-state index contributed by atoms with van der Waals surface area (Å²) in [5.74, 6) is 0.540. The lowest BCUT2D eigenvalue weighted by Crippen LogP contribution is -2.26. The number of hydrogen-bond donors (Lipinski definition) is 2. The first-order valence-corrected chi connectivity index (χ1v) is 11.9. The molecule has 8 nitrogen and oxygen atoms in total. The highest BCUT2D eigenvalue weighted by molar-refractivity contribution is 6.50. The molecule has 6 rings (SSSR count). The summed E-state index contributed by atoms with van der Waals surface area (Å²) < 4.78 is 13.4. The Labute approximate surface area is 202 Å². The van der Waals surface area contributed by atoms with Gasteiger partial charge in [0.25, 0.3) is 11.8 Å². The minimum atomic E-state index is -0.393. The SMILES string of the molecule is CCN(CC)CCn1cc(C2=C(c3c[nH]c4ccccc34)C(=O)NC2=O)c2cc3c(cc21)OCO3. The van der Waals surface area contributed by atoms with Crippen molar-refractivity contribution in [3.05, 3.63) is 59.9 Å².